The van der Waals surface area contributed by atoms with Crippen LogP contribution in [0.2, 0.25) is 0 Å². The zero-order valence-corrected chi connectivity index (χ0v) is 8.88. The van der Waals surface area contributed by atoms with Gasteiger partial charge < -0.3 is 9.36 Å². The Kier molecular flexibility index (Phi) is 3.93. The van der Waals surface area contributed by atoms with E-state index >= 15 is 0 Å². The van der Waals surface area contributed by atoms with Crippen LogP contribution in [0.4, 0.5) is 5.69 Å². The number of hydrogen-bond donors (Lipinski definition) is 0. The predicted octanol–water partition coefficient (Wildman–Crippen LogP) is 1.13. The van der Waals surface area contributed by atoms with E-state index in [0.29, 0.717) is 19.4 Å². The van der Waals surface area contributed by atoms with Crippen molar-refractivity contribution in [1.29, 1.82) is 0 Å². The molecule has 6 nitrogen and oxygen atoms in total. The number of hydrogen-bond acceptors (Lipinski definition) is 4. The molecule has 0 radical (unpaired) electrons. The monoisotopic (exact) mass is 224 g/mol. The van der Waals surface area contributed by atoms with Crippen molar-refractivity contribution in [3.63, 3.8) is 0 Å². The van der Waals surface area contributed by atoms with Gasteiger partial charge in [0.25, 0.3) is 0 Å². The molecule has 1 aromatic heterocycles. The molecule has 0 aliphatic carbocycles. The van der Waals surface area contributed by atoms with Crippen molar-refractivity contribution in [2.24, 2.45) is 0 Å². The summed E-state index contributed by atoms with van der Waals surface area (Å²) in [5.41, 5.74) is -1.07. The zero-order valence-electron chi connectivity index (χ0n) is 8.88. The summed E-state index contributed by atoms with van der Waals surface area (Å²) in [5, 5.41) is 10.5. The molecular weight excluding hydrogens is 212 g/mol. The number of nitro groups is 1. The summed E-state index contributed by atoms with van der Waals surface area (Å²) in [6.45, 7) is 1.79. The first-order chi connectivity index (χ1) is 7.52. The second kappa shape index (κ2) is 5.20. The average Bonchev–Trinajstić information content (AvgIpc) is 2.19. The highest BCUT2D eigenvalue weighted by Crippen LogP contribution is 2.02. The summed E-state index contributed by atoms with van der Waals surface area (Å²) in [4.78, 5) is 32.0. The summed E-state index contributed by atoms with van der Waals surface area (Å²) < 4.78 is 1.25. The molecule has 86 valence electrons. The molecule has 0 amide bonds. The summed E-state index contributed by atoms with van der Waals surface area (Å²) in [6, 6.07) is 2.62. The molecule has 6 heteroatoms. The third-order valence-corrected chi connectivity index (χ3v) is 2.12. The smallest absolute Gasteiger partial charge is 0.310 e. The Balaban J connectivity index is 2.82. The molecule has 0 atom stereocenters. The number of nitrogens with zero attached hydrogens (tertiary/aromatic N) is 2. The molecule has 1 rings (SSSR count). The lowest BCUT2D eigenvalue weighted by atomic mass is 10.2. The maximum atomic E-state index is 11.5. The van der Waals surface area contributed by atoms with Gasteiger partial charge in [0.2, 0.25) is 0 Å². The molecule has 16 heavy (non-hydrogen) atoms. The number of aryl methyl sites for hydroxylation is 1. The van der Waals surface area contributed by atoms with Crippen LogP contribution in [-0.4, -0.2) is 15.3 Å². The highest BCUT2D eigenvalue weighted by Gasteiger charge is 2.12. The Bertz CT molecular complexity index is 464. The Morgan fingerprint density at radius 2 is 2.25 bits per heavy atom. The van der Waals surface area contributed by atoms with E-state index in [1.54, 1.807) is 0 Å². The van der Waals surface area contributed by atoms with Crippen molar-refractivity contribution in [1.82, 2.24) is 4.57 Å². The minimum absolute atomic E-state index is 0.0403. The second-order valence-corrected chi connectivity index (χ2v) is 3.45. The van der Waals surface area contributed by atoms with E-state index in [1.807, 2.05) is 0 Å². The van der Waals surface area contributed by atoms with E-state index in [2.05, 4.69) is 0 Å². The molecule has 0 aliphatic rings. The average molecular weight is 224 g/mol. The van der Waals surface area contributed by atoms with Gasteiger partial charge in [-0.15, -0.1) is 0 Å². The third-order valence-electron chi connectivity index (χ3n) is 2.12. The zero-order chi connectivity index (χ0) is 12.1. The number of pyridine rings is 1. The molecule has 0 saturated carbocycles. The minimum Gasteiger partial charge on any atom is -0.310 e. The standard InChI is InChI=1S/C10H12N2O4/c1-8(13)4-2-6-11-7-3-5-9(10(11)14)12(15)16/h3,5,7H,2,4,6H2,1H3. The fourth-order valence-corrected chi connectivity index (χ4v) is 1.34. The number of Topliss-reactive ketones (excluding diaryl/α,β-unsaturated/α-hetero) is 1. The van der Waals surface area contributed by atoms with Crippen LogP contribution in [0.3, 0.4) is 0 Å². The molecule has 0 aliphatic heterocycles. The van der Waals surface area contributed by atoms with Crippen LogP contribution in [0.5, 0.6) is 0 Å². The van der Waals surface area contributed by atoms with Crippen LogP contribution < -0.4 is 5.56 Å². The molecule has 1 heterocycles. The van der Waals surface area contributed by atoms with Gasteiger partial charge >= 0.3 is 11.2 Å². The highest BCUT2D eigenvalue weighted by molar-refractivity contribution is 5.75. The first kappa shape index (κ1) is 12.1. The van der Waals surface area contributed by atoms with E-state index < -0.39 is 16.2 Å². The topological polar surface area (TPSA) is 82.2 Å². The minimum atomic E-state index is -0.705. The lowest BCUT2D eigenvalue weighted by Gasteiger charge is -2.03. The fraction of sp³-hybridized carbons (Fsp3) is 0.400. The van der Waals surface area contributed by atoms with Gasteiger partial charge in [0, 0.05) is 25.2 Å². The first-order valence-electron chi connectivity index (χ1n) is 4.85. The summed E-state index contributed by atoms with van der Waals surface area (Å²) in [6.07, 6.45) is 2.36. The Morgan fingerprint density at radius 1 is 1.56 bits per heavy atom. The van der Waals surface area contributed by atoms with Crippen LogP contribution >= 0.6 is 0 Å². The normalized spacial score (nSPS) is 10.1. The summed E-state index contributed by atoms with van der Waals surface area (Å²) in [7, 11) is 0. The molecule has 0 fully saturated rings. The lowest BCUT2D eigenvalue weighted by Crippen LogP contribution is -2.22. The third kappa shape index (κ3) is 3.01. The molecule has 0 bridgehead atoms. The van der Waals surface area contributed by atoms with Gasteiger partial charge in [-0.1, -0.05) is 0 Å². The van der Waals surface area contributed by atoms with Crippen molar-refractivity contribution in [3.8, 4) is 0 Å². The Hall–Kier alpha value is -1.98. The van der Waals surface area contributed by atoms with Gasteiger partial charge in [-0.3, -0.25) is 14.9 Å². The second-order valence-electron chi connectivity index (χ2n) is 3.45. The predicted molar refractivity (Wildman–Crippen MR) is 57.3 cm³/mol. The molecule has 0 aromatic carbocycles. The van der Waals surface area contributed by atoms with Crippen LogP contribution in [0, 0.1) is 10.1 Å². The van der Waals surface area contributed by atoms with Crippen LogP contribution in [0.15, 0.2) is 23.1 Å². The van der Waals surface area contributed by atoms with E-state index in [4.69, 9.17) is 0 Å². The maximum absolute atomic E-state index is 11.5. The number of carbonyl (C=O) groups excluding carboxylic acids is 1. The van der Waals surface area contributed by atoms with Crippen molar-refractivity contribution in [2.75, 3.05) is 0 Å². The van der Waals surface area contributed by atoms with Crippen molar-refractivity contribution in [3.05, 3.63) is 38.8 Å². The fourth-order valence-electron chi connectivity index (χ4n) is 1.34. The Labute approximate surface area is 91.7 Å². The van der Waals surface area contributed by atoms with E-state index in [9.17, 15) is 19.7 Å². The van der Waals surface area contributed by atoms with Crippen molar-refractivity contribution in [2.45, 2.75) is 26.3 Å². The number of rotatable bonds is 5. The van der Waals surface area contributed by atoms with Crippen LogP contribution in [-0.2, 0) is 11.3 Å². The van der Waals surface area contributed by atoms with Crippen LogP contribution in [0.25, 0.3) is 0 Å². The molecule has 0 N–H and O–H groups in total. The van der Waals surface area contributed by atoms with Gasteiger partial charge in [-0.25, -0.2) is 0 Å². The molecule has 0 spiro atoms. The number of aromatic nitrogens is 1. The molecule has 0 saturated heterocycles. The van der Waals surface area contributed by atoms with Gasteiger partial charge in [-0.2, -0.15) is 0 Å². The van der Waals surface area contributed by atoms with Crippen molar-refractivity contribution < 1.29 is 9.72 Å². The maximum Gasteiger partial charge on any atom is 0.334 e. The quantitative estimate of drug-likeness (QED) is 0.554. The highest BCUT2D eigenvalue weighted by atomic mass is 16.6. The molecule has 1 aromatic rings. The van der Waals surface area contributed by atoms with E-state index in [-0.39, 0.29) is 5.78 Å². The molecule has 0 unspecified atom stereocenters. The van der Waals surface area contributed by atoms with Crippen molar-refractivity contribution >= 4 is 11.5 Å². The van der Waals surface area contributed by atoms with Gasteiger partial charge in [0.05, 0.1) is 4.92 Å². The number of ketones is 1. The number of carbonyl (C=O) groups is 1. The van der Waals surface area contributed by atoms with Gasteiger partial charge in [0.1, 0.15) is 5.78 Å². The first-order valence-corrected chi connectivity index (χ1v) is 4.85. The van der Waals surface area contributed by atoms with E-state index in [1.165, 1.54) is 29.8 Å². The lowest BCUT2D eigenvalue weighted by molar-refractivity contribution is -0.386. The van der Waals surface area contributed by atoms with Gasteiger partial charge in [-0.05, 0) is 19.4 Å². The summed E-state index contributed by atoms with van der Waals surface area (Å²) in [5.74, 6) is 0.0403. The van der Waals surface area contributed by atoms with E-state index in [0.717, 1.165) is 0 Å². The SMILES string of the molecule is CC(=O)CCCn1cccc([N+](=O)[O-])c1=O. The van der Waals surface area contributed by atoms with Gasteiger partial charge in [0.15, 0.2) is 0 Å². The molecular formula is C10H12N2O4. The largest absolute Gasteiger partial charge is 0.334 e. The summed E-state index contributed by atoms with van der Waals surface area (Å²) >= 11 is 0. The van der Waals surface area contributed by atoms with Crippen LogP contribution in [0.1, 0.15) is 19.8 Å². The Morgan fingerprint density at radius 3 is 2.81 bits per heavy atom.